The molecule has 0 spiro atoms. The van der Waals surface area contributed by atoms with Crippen LogP contribution in [-0.4, -0.2) is 34.2 Å². The van der Waals surface area contributed by atoms with Crippen LogP contribution >= 0.6 is 0 Å². The average Bonchev–Trinajstić information content (AvgIpc) is 2.22. The third-order valence-corrected chi connectivity index (χ3v) is 2.99. The molecule has 15 heavy (non-hydrogen) atoms. The number of aliphatic hydroxyl groups is 1. The molecule has 0 aromatic carbocycles. The minimum atomic E-state index is -0.143. The van der Waals surface area contributed by atoms with Gasteiger partial charge in [0.1, 0.15) is 0 Å². The van der Waals surface area contributed by atoms with Crippen LogP contribution in [0.1, 0.15) is 24.1 Å². The number of nitrogens with zero attached hydrogens (tertiary/aromatic N) is 2. The summed E-state index contributed by atoms with van der Waals surface area (Å²) in [5.74, 6) is 0. The Hall–Kier alpha value is -0.930. The van der Waals surface area contributed by atoms with E-state index in [9.17, 15) is 5.11 Å². The molecular formula is C12H18N2O. The van der Waals surface area contributed by atoms with Gasteiger partial charge in [-0.2, -0.15) is 0 Å². The van der Waals surface area contributed by atoms with Crippen LogP contribution < -0.4 is 0 Å². The van der Waals surface area contributed by atoms with Crippen LogP contribution in [0.3, 0.4) is 0 Å². The first-order valence-corrected chi connectivity index (χ1v) is 5.56. The molecule has 0 saturated carbocycles. The SMILES string of the molecule is Cc1ncccc1CN1CCCC(O)C1. The molecule has 1 atom stereocenters. The van der Waals surface area contributed by atoms with E-state index in [1.807, 2.05) is 19.2 Å². The van der Waals surface area contributed by atoms with Crippen molar-refractivity contribution in [3.8, 4) is 0 Å². The van der Waals surface area contributed by atoms with Gasteiger partial charge in [0.05, 0.1) is 6.10 Å². The van der Waals surface area contributed by atoms with Crippen molar-refractivity contribution in [2.24, 2.45) is 0 Å². The van der Waals surface area contributed by atoms with Crippen molar-refractivity contribution in [1.82, 2.24) is 9.88 Å². The Labute approximate surface area is 90.8 Å². The fourth-order valence-corrected chi connectivity index (χ4v) is 2.10. The maximum absolute atomic E-state index is 9.57. The maximum atomic E-state index is 9.57. The first-order valence-electron chi connectivity index (χ1n) is 5.56. The standard InChI is InChI=1S/C12H18N2O/c1-10-11(4-2-6-13-10)8-14-7-3-5-12(15)9-14/h2,4,6,12,15H,3,5,7-9H2,1H3. The Kier molecular flexibility index (Phi) is 3.34. The molecule has 1 fully saturated rings. The van der Waals surface area contributed by atoms with Crippen molar-refractivity contribution < 1.29 is 5.11 Å². The third-order valence-electron chi connectivity index (χ3n) is 2.99. The van der Waals surface area contributed by atoms with E-state index in [0.29, 0.717) is 0 Å². The predicted octanol–water partition coefficient (Wildman–Crippen LogP) is 1.35. The molecule has 1 aromatic rings. The number of aliphatic hydroxyl groups excluding tert-OH is 1. The van der Waals surface area contributed by atoms with E-state index in [-0.39, 0.29) is 6.10 Å². The van der Waals surface area contributed by atoms with Gasteiger partial charge in [0, 0.05) is 25.0 Å². The van der Waals surface area contributed by atoms with E-state index in [4.69, 9.17) is 0 Å². The molecule has 2 heterocycles. The predicted molar refractivity (Wildman–Crippen MR) is 59.5 cm³/mol. The van der Waals surface area contributed by atoms with Crippen molar-refractivity contribution >= 4 is 0 Å². The molecule has 3 nitrogen and oxygen atoms in total. The lowest BCUT2D eigenvalue weighted by molar-refractivity contribution is 0.0667. The molecule has 1 saturated heterocycles. The van der Waals surface area contributed by atoms with Gasteiger partial charge in [-0.25, -0.2) is 0 Å². The fourth-order valence-electron chi connectivity index (χ4n) is 2.10. The fraction of sp³-hybridized carbons (Fsp3) is 0.583. The van der Waals surface area contributed by atoms with E-state index >= 15 is 0 Å². The van der Waals surface area contributed by atoms with Gasteiger partial charge in [-0.1, -0.05) is 6.07 Å². The molecule has 2 rings (SSSR count). The highest BCUT2D eigenvalue weighted by molar-refractivity contribution is 5.18. The first-order chi connectivity index (χ1) is 7.25. The second-order valence-corrected chi connectivity index (χ2v) is 4.28. The van der Waals surface area contributed by atoms with Gasteiger partial charge < -0.3 is 5.11 Å². The number of piperidine rings is 1. The summed E-state index contributed by atoms with van der Waals surface area (Å²) < 4.78 is 0. The highest BCUT2D eigenvalue weighted by Gasteiger charge is 2.17. The van der Waals surface area contributed by atoms with Gasteiger partial charge in [0.25, 0.3) is 0 Å². The molecule has 1 N–H and O–H groups in total. The van der Waals surface area contributed by atoms with Gasteiger partial charge in [-0.15, -0.1) is 0 Å². The molecular weight excluding hydrogens is 188 g/mol. The lowest BCUT2D eigenvalue weighted by Crippen LogP contribution is -2.37. The topological polar surface area (TPSA) is 36.4 Å². The Morgan fingerprint density at radius 2 is 2.47 bits per heavy atom. The lowest BCUT2D eigenvalue weighted by atomic mass is 10.1. The van der Waals surface area contributed by atoms with Crippen LogP contribution in [0, 0.1) is 6.92 Å². The van der Waals surface area contributed by atoms with Crippen LogP contribution in [0.25, 0.3) is 0 Å². The molecule has 1 aliphatic heterocycles. The van der Waals surface area contributed by atoms with Crippen molar-refractivity contribution in [2.75, 3.05) is 13.1 Å². The number of aryl methyl sites for hydroxylation is 1. The summed E-state index contributed by atoms with van der Waals surface area (Å²) in [7, 11) is 0. The number of hydrogen-bond donors (Lipinski definition) is 1. The smallest absolute Gasteiger partial charge is 0.0667 e. The third kappa shape index (κ3) is 2.76. The van der Waals surface area contributed by atoms with Gasteiger partial charge in [0.2, 0.25) is 0 Å². The first kappa shape index (κ1) is 10.6. The van der Waals surface area contributed by atoms with Crippen molar-refractivity contribution in [2.45, 2.75) is 32.4 Å². The molecule has 0 bridgehead atoms. The summed E-state index contributed by atoms with van der Waals surface area (Å²) in [5.41, 5.74) is 2.36. The van der Waals surface area contributed by atoms with Crippen LogP contribution in [0.2, 0.25) is 0 Å². The molecule has 1 aliphatic rings. The highest BCUT2D eigenvalue weighted by Crippen LogP contribution is 2.14. The zero-order valence-electron chi connectivity index (χ0n) is 9.19. The van der Waals surface area contributed by atoms with Crippen LogP contribution in [-0.2, 0) is 6.54 Å². The quantitative estimate of drug-likeness (QED) is 0.793. The van der Waals surface area contributed by atoms with Crippen LogP contribution in [0.4, 0.5) is 0 Å². The van der Waals surface area contributed by atoms with Crippen molar-refractivity contribution in [1.29, 1.82) is 0 Å². The molecule has 0 amide bonds. The maximum Gasteiger partial charge on any atom is 0.0667 e. The molecule has 0 aliphatic carbocycles. The number of pyridine rings is 1. The second kappa shape index (κ2) is 4.73. The van der Waals surface area contributed by atoms with Crippen molar-refractivity contribution in [3.05, 3.63) is 29.6 Å². The van der Waals surface area contributed by atoms with Gasteiger partial charge >= 0.3 is 0 Å². The number of hydrogen-bond acceptors (Lipinski definition) is 3. The number of aromatic nitrogens is 1. The van der Waals surface area contributed by atoms with Crippen LogP contribution in [0.15, 0.2) is 18.3 Å². The minimum Gasteiger partial charge on any atom is -0.392 e. The normalized spacial score (nSPS) is 22.9. The molecule has 1 unspecified atom stereocenters. The largest absolute Gasteiger partial charge is 0.392 e. The van der Waals surface area contributed by atoms with E-state index < -0.39 is 0 Å². The summed E-state index contributed by atoms with van der Waals surface area (Å²) in [6.07, 6.45) is 3.73. The number of rotatable bonds is 2. The monoisotopic (exact) mass is 206 g/mol. The highest BCUT2D eigenvalue weighted by atomic mass is 16.3. The van der Waals surface area contributed by atoms with Gasteiger partial charge in [0.15, 0.2) is 0 Å². The van der Waals surface area contributed by atoms with E-state index in [0.717, 1.165) is 38.2 Å². The Morgan fingerprint density at radius 3 is 3.20 bits per heavy atom. The molecule has 3 heteroatoms. The zero-order valence-corrected chi connectivity index (χ0v) is 9.19. The Bertz CT molecular complexity index is 327. The van der Waals surface area contributed by atoms with Crippen molar-refractivity contribution in [3.63, 3.8) is 0 Å². The molecule has 0 radical (unpaired) electrons. The summed E-state index contributed by atoms with van der Waals surface area (Å²) in [6.45, 7) is 4.84. The zero-order chi connectivity index (χ0) is 10.7. The van der Waals surface area contributed by atoms with E-state index in [2.05, 4.69) is 16.0 Å². The summed E-state index contributed by atoms with van der Waals surface area (Å²) >= 11 is 0. The Morgan fingerprint density at radius 1 is 1.60 bits per heavy atom. The number of likely N-dealkylation sites (tertiary alicyclic amines) is 1. The summed E-state index contributed by atoms with van der Waals surface area (Å²) in [6, 6.07) is 4.09. The number of β-amino-alcohol motifs (C(OH)–C–C–N with tert-alkyl or cyclic N) is 1. The lowest BCUT2D eigenvalue weighted by Gasteiger charge is -2.30. The summed E-state index contributed by atoms with van der Waals surface area (Å²) in [5, 5.41) is 9.57. The van der Waals surface area contributed by atoms with Gasteiger partial charge in [-0.3, -0.25) is 9.88 Å². The van der Waals surface area contributed by atoms with Crippen LogP contribution in [0.5, 0.6) is 0 Å². The van der Waals surface area contributed by atoms with E-state index in [1.165, 1.54) is 5.56 Å². The summed E-state index contributed by atoms with van der Waals surface area (Å²) in [4.78, 5) is 6.58. The second-order valence-electron chi connectivity index (χ2n) is 4.28. The van der Waals surface area contributed by atoms with E-state index in [1.54, 1.807) is 0 Å². The molecule has 1 aromatic heterocycles. The minimum absolute atomic E-state index is 0.143. The molecule has 82 valence electrons. The average molecular weight is 206 g/mol. The Balaban J connectivity index is 1.99. The van der Waals surface area contributed by atoms with Gasteiger partial charge in [-0.05, 0) is 37.9 Å².